The van der Waals surface area contributed by atoms with Gasteiger partial charge in [-0.3, -0.25) is 0 Å². The fraction of sp³-hybridized carbons (Fsp3) is 0.308. The summed E-state index contributed by atoms with van der Waals surface area (Å²) in [6.07, 6.45) is 2.74. The predicted molar refractivity (Wildman–Crippen MR) is 168 cm³/mol. The maximum absolute atomic E-state index is 11.6. The molecule has 1 aliphatic heterocycles. The highest BCUT2D eigenvalue weighted by molar-refractivity contribution is 7.86. The van der Waals surface area contributed by atoms with Crippen LogP contribution in [-0.4, -0.2) is 70.6 Å². The lowest BCUT2D eigenvalue weighted by Crippen LogP contribution is -2.16. The molecule has 1 atom stereocenters. The van der Waals surface area contributed by atoms with Crippen LogP contribution in [0.5, 0.6) is 11.5 Å². The Morgan fingerprint density at radius 3 is 2.04 bits per heavy atom. The second-order valence-electron chi connectivity index (χ2n) is 8.25. The molecule has 0 amide bonds. The maximum atomic E-state index is 11.6. The Bertz CT molecular complexity index is 1650. The Labute approximate surface area is 275 Å². The van der Waals surface area contributed by atoms with E-state index in [1.807, 2.05) is 0 Å². The van der Waals surface area contributed by atoms with Crippen molar-refractivity contribution < 1.29 is 54.3 Å². The number of oxime groups is 2. The quantitative estimate of drug-likeness (QED) is 0.114. The Morgan fingerprint density at radius 2 is 1.53 bits per heavy atom. The average molecular weight is 732 g/mol. The van der Waals surface area contributed by atoms with Gasteiger partial charge in [-0.2, -0.15) is 16.8 Å². The third-order valence-corrected chi connectivity index (χ3v) is 6.60. The SMILES string of the molecule is C=Cc1c(Cl)cccc1OS(C)(=O)=O.CCOC(=O)/C(Cl)=N/O.CCOC(=O)C1=NOC(c2c(Cl)cccc2OS(C)(=O)=O)C1. The minimum Gasteiger partial charge on any atom is -0.461 e. The summed E-state index contributed by atoms with van der Waals surface area (Å²) in [5.74, 6) is -1.17. The van der Waals surface area contributed by atoms with Crippen molar-refractivity contribution in [3.8, 4) is 11.5 Å². The molecule has 0 aromatic heterocycles. The van der Waals surface area contributed by atoms with E-state index in [2.05, 4.69) is 21.6 Å². The molecule has 0 radical (unpaired) electrons. The largest absolute Gasteiger partial charge is 0.461 e. The smallest absolute Gasteiger partial charge is 0.372 e. The van der Waals surface area contributed by atoms with Gasteiger partial charge in [-0.1, -0.05) is 69.9 Å². The molecule has 2 aromatic rings. The second kappa shape index (κ2) is 18.4. The Morgan fingerprint density at radius 1 is 1.00 bits per heavy atom. The number of halogens is 3. The second-order valence-corrected chi connectivity index (χ2v) is 12.6. The molecule has 45 heavy (non-hydrogen) atoms. The summed E-state index contributed by atoms with van der Waals surface area (Å²) in [7, 11) is -7.26. The first-order valence-corrected chi connectivity index (χ1v) is 17.2. The first-order valence-electron chi connectivity index (χ1n) is 12.4. The van der Waals surface area contributed by atoms with E-state index >= 15 is 0 Å². The summed E-state index contributed by atoms with van der Waals surface area (Å²) in [5, 5.41) is 14.1. The van der Waals surface area contributed by atoms with Crippen molar-refractivity contribution in [1.29, 1.82) is 0 Å². The summed E-state index contributed by atoms with van der Waals surface area (Å²) in [4.78, 5) is 27.1. The van der Waals surface area contributed by atoms with Crippen LogP contribution in [0.4, 0.5) is 0 Å². The standard InChI is InChI=1S/C13H14ClNO6S.C9H9ClO3S.C4H6ClNO3/c1-3-19-13(16)9-7-11(20-15-9)12-8(14)5-4-6-10(12)21-22(2,17)18;1-3-7-8(10)5-4-6-9(7)13-14(2,11)12;1-2-9-4(7)3(5)6-8/h4-6,11H,3,7H2,1-2H3;3-6H,1H2,2H3;8H,2H2,1H3/b;;6-3-. The van der Waals surface area contributed by atoms with E-state index in [-0.39, 0.29) is 41.9 Å². The predicted octanol–water partition coefficient (Wildman–Crippen LogP) is 4.96. The molecule has 19 heteroatoms. The third-order valence-electron chi connectivity index (χ3n) is 4.75. The Hall–Kier alpha value is -3.57. The van der Waals surface area contributed by atoms with Crippen LogP contribution in [0.1, 0.15) is 37.5 Å². The first kappa shape index (κ1) is 39.5. The zero-order valence-electron chi connectivity index (χ0n) is 24.2. The van der Waals surface area contributed by atoms with E-state index in [1.165, 1.54) is 18.2 Å². The van der Waals surface area contributed by atoms with Crippen molar-refractivity contribution in [3.05, 3.63) is 64.1 Å². The van der Waals surface area contributed by atoms with Crippen molar-refractivity contribution in [2.24, 2.45) is 10.3 Å². The number of nitrogens with zero attached hydrogens (tertiary/aromatic N) is 2. The van der Waals surface area contributed by atoms with Crippen LogP contribution >= 0.6 is 34.8 Å². The summed E-state index contributed by atoms with van der Waals surface area (Å²) in [6.45, 7) is 7.26. The molecule has 2 aromatic carbocycles. The monoisotopic (exact) mass is 730 g/mol. The average Bonchev–Trinajstić information content (AvgIpc) is 3.42. The molecule has 0 spiro atoms. The Kier molecular flexibility index (Phi) is 16.1. The van der Waals surface area contributed by atoms with Gasteiger partial charge >= 0.3 is 32.2 Å². The van der Waals surface area contributed by atoms with Gasteiger partial charge in [0.25, 0.3) is 5.17 Å². The van der Waals surface area contributed by atoms with Gasteiger partial charge in [0.2, 0.25) is 0 Å². The van der Waals surface area contributed by atoms with Gasteiger partial charge in [-0.15, -0.1) is 0 Å². The molecular formula is C26H29Cl3N2O12S2. The van der Waals surface area contributed by atoms with E-state index in [9.17, 15) is 26.4 Å². The summed E-state index contributed by atoms with van der Waals surface area (Å²) in [6, 6.07) is 9.33. The Balaban J connectivity index is 0.000000377. The fourth-order valence-electron chi connectivity index (χ4n) is 3.12. The van der Waals surface area contributed by atoms with Crippen LogP contribution in [0.3, 0.4) is 0 Å². The van der Waals surface area contributed by atoms with Gasteiger partial charge in [0.15, 0.2) is 23.3 Å². The van der Waals surface area contributed by atoms with Gasteiger partial charge in [-0.25, -0.2) is 9.59 Å². The highest BCUT2D eigenvalue weighted by Gasteiger charge is 2.32. The number of hydrogen-bond acceptors (Lipinski definition) is 14. The zero-order chi connectivity index (χ0) is 34.4. The van der Waals surface area contributed by atoms with E-state index in [0.29, 0.717) is 16.1 Å². The van der Waals surface area contributed by atoms with Crippen LogP contribution in [0, 0.1) is 0 Å². The zero-order valence-corrected chi connectivity index (χ0v) is 28.1. The number of carbonyl (C=O) groups excluding carboxylic acids is 2. The molecule has 0 bridgehead atoms. The van der Waals surface area contributed by atoms with Crippen molar-refractivity contribution in [2.75, 3.05) is 25.7 Å². The topological polar surface area (TPSA) is 194 Å². The van der Waals surface area contributed by atoms with Crippen molar-refractivity contribution >= 4 is 83.9 Å². The lowest BCUT2D eigenvalue weighted by molar-refractivity contribution is -0.135. The molecule has 3 rings (SSSR count). The number of rotatable bonds is 10. The lowest BCUT2D eigenvalue weighted by Gasteiger charge is -2.15. The number of benzene rings is 2. The van der Waals surface area contributed by atoms with Gasteiger partial charge in [0.1, 0.15) is 0 Å². The number of carbonyl (C=O) groups is 2. The van der Waals surface area contributed by atoms with E-state index in [4.69, 9.17) is 58.0 Å². The molecule has 0 saturated carbocycles. The molecule has 1 N–H and O–H groups in total. The van der Waals surface area contributed by atoms with Crippen LogP contribution in [0.2, 0.25) is 10.0 Å². The highest BCUT2D eigenvalue weighted by atomic mass is 35.5. The van der Waals surface area contributed by atoms with Gasteiger partial charge in [0.05, 0.1) is 41.3 Å². The lowest BCUT2D eigenvalue weighted by atomic mass is 10.0. The maximum Gasteiger partial charge on any atom is 0.372 e. The van der Waals surface area contributed by atoms with Gasteiger partial charge < -0.3 is 27.9 Å². The highest BCUT2D eigenvalue weighted by Crippen LogP contribution is 2.39. The first-order chi connectivity index (χ1) is 21.0. The molecule has 1 unspecified atom stereocenters. The molecule has 248 valence electrons. The summed E-state index contributed by atoms with van der Waals surface area (Å²) in [5.41, 5.74) is 0.898. The van der Waals surface area contributed by atoms with E-state index in [1.54, 1.807) is 38.1 Å². The molecular weight excluding hydrogens is 703 g/mol. The molecule has 1 heterocycles. The molecule has 1 aliphatic rings. The molecule has 0 aliphatic carbocycles. The van der Waals surface area contributed by atoms with Crippen LogP contribution in [-0.2, 0) is 44.1 Å². The van der Waals surface area contributed by atoms with Crippen molar-refractivity contribution in [3.63, 3.8) is 0 Å². The van der Waals surface area contributed by atoms with Crippen molar-refractivity contribution in [1.82, 2.24) is 0 Å². The third kappa shape index (κ3) is 13.9. The molecule has 14 nitrogen and oxygen atoms in total. The summed E-state index contributed by atoms with van der Waals surface area (Å²) < 4.78 is 63.2. The minimum absolute atomic E-state index is 0.0420. The number of ether oxygens (including phenoxy) is 2. The number of esters is 2. The summed E-state index contributed by atoms with van der Waals surface area (Å²) >= 11 is 16.9. The van der Waals surface area contributed by atoms with E-state index < -0.39 is 43.4 Å². The van der Waals surface area contributed by atoms with Crippen molar-refractivity contribution in [2.45, 2.75) is 26.4 Å². The van der Waals surface area contributed by atoms with Gasteiger partial charge in [0, 0.05) is 12.0 Å². The molecule has 0 saturated heterocycles. The van der Waals surface area contributed by atoms with E-state index in [0.717, 1.165) is 12.5 Å². The molecule has 0 fully saturated rings. The van der Waals surface area contributed by atoms with Crippen LogP contribution < -0.4 is 8.37 Å². The van der Waals surface area contributed by atoms with Gasteiger partial charge in [-0.05, 0) is 38.1 Å². The fourth-order valence-corrected chi connectivity index (χ4v) is 4.64. The van der Waals surface area contributed by atoms with Crippen LogP contribution in [0.25, 0.3) is 6.08 Å². The minimum atomic E-state index is -3.73. The van der Waals surface area contributed by atoms with Crippen LogP contribution in [0.15, 0.2) is 53.3 Å². The normalized spacial score (nSPS) is 14.2. The number of hydrogen-bond donors (Lipinski definition) is 1.